The Hall–Kier alpha value is -1.96. The monoisotopic (exact) mass is 295 g/mol. The molecule has 1 aliphatic rings. The summed E-state index contributed by atoms with van der Waals surface area (Å²) in [6.45, 7) is 4.08. The minimum atomic E-state index is -0.181. The van der Waals surface area contributed by atoms with Crippen LogP contribution in [0.3, 0.4) is 0 Å². The second-order valence-corrected chi connectivity index (χ2v) is 5.11. The minimum Gasteiger partial charge on any atom is -0.383 e. The Kier molecular flexibility index (Phi) is 4.89. The van der Waals surface area contributed by atoms with E-state index in [0.29, 0.717) is 38.4 Å². The maximum atomic E-state index is 12.1. The fourth-order valence-electron chi connectivity index (χ4n) is 2.13. The van der Waals surface area contributed by atoms with E-state index in [0.717, 1.165) is 0 Å². The van der Waals surface area contributed by atoms with E-state index in [1.807, 2.05) is 6.92 Å². The van der Waals surface area contributed by atoms with Gasteiger partial charge in [0.05, 0.1) is 18.8 Å². The van der Waals surface area contributed by atoms with Crippen molar-refractivity contribution in [3.8, 4) is 0 Å². The molecule has 0 spiro atoms. The van der Waals surface area contributed by atoms with Crippen LogP contribution in [0.4, 0.5) is 0 Å². The van der Waals surface area contributed by atoms with Crippen molar-refractivity contribution in [3.05, 3.63) is 11.9 Å². The molecule has 0 aliphatic carbocycles. The maximum absolute atomic E-state index is 12.1. The molecule has 2 heterocycles. The lowest BCUT2D eigenvalue weighted by Crippen LogP contribution is -2.50. The fourth-order valence-corrected chi connectivity index (χ4v) is 2.13. The molecular formula is C13H21N5O3. The van der Waals surface area contributed by atoms with Crippen LogP contribution < -0.4 is 0 Å². The van der Waals surface area contributed by atoms with Gasteiger partial charge >= 0.3 is 0 Å². The molecule has 1 fully saturated rings. The van der Waals surface area contributed by atoms with Gasteiger partial charge in [-0.2, -0.15) is 0 Å². The topological polar surface area (TPSA) is 80.6 Å². The molecule has 2 amide bonds. The normalized spacial score (nSPS) is 14.9. The number of carbonyl (C=O) groups excluding carboxylic acids is 2. The summed E-state index contributed by atoms with van der Waals surface area (Å²) in [5.41, 5.74) is 0.314. The molecule has 0 bridgehead atoms. The number of methoxy groups -OCH3 is 1. The van der Waals surface area contributed by atoms with E-state index < -0.39 is 0 Å². The van der Waals surface area contributed by atoms with Crippen molar-refractivity contribution in [2.75, 3.05) is 40.4 Å². The Labute approximate surface area is 123 Å². The summed E-state index contributed by atoms with van der Waals surface area (Å²) >= 11 is 0. The second-order valence-electron chi connectivity index (χ2n) is 5.11. The minimum absolute atomic E-state index is 0.110. The lowest BCUT2D eigenvalue weighted by Gasteiger charge is -2.38. The number of rotatable bonds is 6. The lowest BCUT2D eigenvalue weighted by atomic mass is 10.1. The van der Waals surface area contributed by atoms with Gasteiger partial charge in [-0.05, 0) is 0 Å². The molecule has 21 heavy (non-hydrogen) atoms. The third-order valence-corrected chi connectivity index (χ3v) is 3.60. The van der Waals surface area contributed by atoms with Crippen LogP contribution in [0.5, 0.6) is 0 Å². The van der Waals surface area contributed by atoms with Crippen LogP contribution in [0.25, 0.3) is 0 Å². The highest BCUT2D eigenvalue weighted by Gasteiger charge is 2.32. The summed E-state index contributed by atoms with van der Waals surface area (Å²) in [7, 11) is 3.29. The van der Waals surface area contributed by atoms with Crippen LogP contribution in [0.15, 0.2) is 6.20 Å². The summed E-state index contributed by atoms with van der Waals surface area (Å²) in [6.07, 6.45) is 2.15. The van der Waals surface area contributed by atoms with E-state index >= 15 is 0 Å². The Morgan fingerprint density at radius 2 is 2.19 bits per heavy atom. The van der Waals surface area contributed by atoms with Crippen LogP contribution in [0.2, 0.25) is 0 Å². The second kappa shape index (κ2) is 6.66. The molecule has 1 aliphatic heterocycles. The standard InChI is InChI=1S/C13H21N5O3/c1-4-12(19)17-7-10(8-17)18-9-11(14-15-18)13(20)16(2)5-6-21-3/h9-10H,4-8H2,1-3H3. The highest BCUT2D eigenvalue weighted by Crippen LogP contribution is 2.21. The average molecular weight is 295 g/mol. The van der Waals surface area contributed by atoms with Crippen molar-refractivity contribution in [1.82, 2.24) is 24.8 Å². The van der Waals surface area contributed by atoms with Gasteiger partial charge in [0.2, 0.25) is 5.91 Å². The van der Waals surface area contributed by atoms with Crippen molar-refractivity contribution < 1.29 is 14.3 Å². The van der Waals surface area contributed by atoms with E-state index in [4.69, 9.17) is 4.74 Å². The van der Waals surface area contributed by atoms with Gasteiger partial charge in [0.1, 0.15) is 0 Å². The largest absolute Gasteiger partial charge is 0.383 e. The molecule has 8 nitrogen and oxygen atoms in total. The number of hydrogen-bond acceptors (Lipinski definition) is 5. The van der Waals surface area contributed by atoms with E-state index in [2.05, 4.69) is 10.3 Å². The van der Waals surface area contributed by atoms with Crippen LogP contribution >= 0.6 is 0 Å². The van der Waals surface area contributed by atoms with Crippen molar-refractivity contribution >= 4 is 11.8 Å². The molecule has 0 saturated carbocycles. The zero-order valence-electron chi connectivity index (χ0n) is 12.7. The van der Waals surface area contributed by atoms with Gasteiger partial charge in [0.15, 0.2) is 5.69 Å². The molecule has 0 atom stereocenters. The average Bonchev–Trinajstić information content (AvgIpc) is 2.91. The Bertz CT molecular complexity index is 510. The Morgan fingerprint density at radius 3 is 2.81 bits per heavy atom. The number of ether oxygens (including phenoxy) is 1. The Morgan fingerprint density at radius 1 is 1.48 bits per heavy atom. The van der Waals surface area contributed by atoms with Crippen LogP contribution in [-0.4, -0.2) is 77.0 Å². The highest BCUT2D eigenvalue weighted by molar-refractivity contribution is 5.91. The summed E-state index contributed by atoms with van der Waals surface area (Å²) in [4.78, 5) is 26.9. The lowest BCUT2D eigenvalue weighted by molar-refractivity contribution is -0.136. The van der Waals surface area contributed by atoms with Gasteiger partial charge in [-0.1, -0.05) is 12.1 Å². The first kappa shape index (κ1) is 15.4. The van der Waals surface area contributed by atoms with Gasteiger partial charge in [0.25, 0.3) is 5.91 Å². The zero-order chi connectivity index (χ0) is 15.4. The molecule has 8 heteroatoms. The Balaban J connectivity index is 1.90. The predicted octanol–water partition coefficient (Wildman–Crippen LogP) is -0.210. The van der Waals surface area contributed by atoms with Crippen LogP contribution in [-0.2, 0) is 9.53 Å². The molecule has 1 aromatic heterocycles. The van der Waals surface area contributed by atoms with Gasteiger partial charge < -0.3 is 14.5 Å². The molecule has 0 aromatic carbocycles. The SMILES string of the molecule is CCC(=O)N1CC(n2cc(C(=O)N(C)CCOC)nn2)C1. The number of aromatic nitrogens is 3. The third-order valence-electron chi connectivity index (χ3n) is 3.60. The fraction of sp³-hybridized carbons (Fsp3) is 0.692. The predicted molar refractivity (Wildman–Crippen MR) is 74.8 cm³/mol. The molecule has 0 unspecified atom stereocenters. The van der Waals surface area contributed by atoms with Gasteiger partial charge in [0, 0.05) is 40.2 Å². The summed E-state index contributed by atoms with van der Waals surface area (Å²) in [6, 6.07) is 0.110. The van der Waals surface area contributed by atoms with Gasteiger partial charge in [-0.25, -0.2) is 4.68 Å². The summed E-state index contributed by atoms with van der Waals surface area (Å²) in [5, 5.41) is 7.91. The molecule has 1 aromatic rings. The van der Waals surface area contributed by atoms with E-state index in [9.17, 15) is 9.59 Å². The molecule has 0 N–H and O–H groups in total. The van der Waals surface area contributed by atoms with Crippen LogP contribution in [0.1, 0.15) is 29.9 Å². The molecule has 116 valence electrons. The van der Waals surface area contributed by atoms with Crippen molar-refractivity contribution in [3.63, 3.8) is 0 Å². The van der Waals surface area contributed by atoms with Crippen LogP contribution in [0, 0.1) is 0 Å². The number of likely N-dealkylation sites (tertiary alicyclic amines) is 1. The highest BCUT2D eigenvalue weighted by atomic mass is 16.5. The first-order valence-electron chi connectivity index (χ1n) is 7.00. The van der Waals surface area contributed by atoms with E-state index in [-0.39, 0.29) is 17.9 Å². The number of likely N-dealkylation sites (N-methyl/N-ethyl adjacent to an activating group) is 1. The van der Waals surface area contributed by atoms with E-state index in [1.165, 1.54) is 0 Å². The van der Waals surface area contributed by atoms with Crippen molar-refractivity contribution in [2.45, 2.75) is 19.4 Å². The first-order valence-corrected chi connectivity index (χ1v) is 7.00. The van der Waals surface area contributed by atoms with Crippen molar-refractivity contribution in [2.24, 2.45) is 0 Å². The van der Waals surface area contributed by atoms with E-state index in [1.54, 1.807) is 34.8 Å². The quantitative estimate of drug-likeness (QED) is 0.725. The van der Waals surface area contributed by atoms with Crippen molar-refractivity contribution in [1.29, 1.82) is 0 Å². The summed E-state index contributed by atoms with van der Waals surface area (Å²) < 4.78 is 6.60. The van der Waals surface area contributed by atoms with Gasteiger partial charge in [-0.15, -0.1) is 5.10 Å². The molecule has 2 rings (SSSR count). The molecular weight excluding hydrogens is 274 g/mol. The third kappa shape index (κ3) is 3.38. The number of nitrogens with zero attached hydrogens (tertiary/aromatic N) is 5. The molecule has 1 saturated heterocycles. The first-order chi connectivity index (χ1) is 10.1. The number of hydrogen-bond donors (Lipinski definition) is 0. The van der Waals surface area contributed by atoms with Gasteiger partial charge in [-0.3, -0.25) is 9.59 Å². The smallest absolute Gasteiger partial charge is 0.275 e. The number of amides is 2. The number of carbonyl (C=O) groups is 2. The summed E-state index contributed by atoms with van der Waals surface area (Å²) in [5.74, 6) is -0.0407. The molecule has 0 radical (unpaired) electrons. The zero-order valence-corrected chi connectivity index (χ0v) is 12.7. The maximum Gasteiger partial charge on any atom is 0.275 e.